The van der Waals surface area contributed by atoms with Crippen molar-refractivity contribution < 1.29 is 9.90 Å². The number of nitrogens with one attached hydrogen (secondary N) is 1. The van der Waals surface area contributed by atoms with Gasteiger partial charge >= 0.3 is 0 Å². The summed E-state index contributed by atoms with van der Waals surface area (Å²) in [7, 11) is 0. The molecule has 3 aromatic rings. The summed E-state index contributed by atoms with van der Waals surface area (Å²) in [5, 5.41) is 13.9. The maximum atomic E-state index is 11.9. The second-order valence-corrected chi connectivity index (χ2v) is 6.95. The van der Waals surface area contributed by atoms with Gasteiger partial charge in [0, 0.05) is 31.0 Å². The SMILES string of the molecule is O=C1CNCCN1Cc1cn2ccc(-c3c(O)ccc(Cl)c3Cl)cc2n1. The van der Waals surface area contributed by atoms with Gasteiger partial charge in [-0.25, -0.2) is 4.98 Å². The molecule has 0 unspecified atom stereocenters. The minimum atomic E-state index is 0.0574. The lowest BCUT2D eigenvalue weighted by atomic mass is 10.1. The Hall–Kier alpha value is -2.28. The molecule has 0 spiro atoms. The van der Waals surface area contributed by atoms with E-state index in [0.717, 1.165) is 17.8 Å². The van der Waals surface area contributed by atoms with E-state index in [1.807, 2.05) is 28.9 Å². The number of imidazole rings is 1. The van der Waals surface area contributed by atoms with Crippen LogP contribution < -0.4 is 5.32 Å². The summed E-state index contributed by atoms with van der Waals surface area (Å²) in [6.07, 6.45) is 3.74. The number of hydrogen-bond acceptors (Lipinski definition) is 4. The molecule has 0 aliphatic carbocycles. The van der Waals surface area contributed by atoms with Crippen molar-refractivity contribution in [2.45, 2.75) is 6.54 Å². The van der Waals surface area contributed by atoms with Crippen LogP contribution in [0, 0.1) is 0 Å². The van der Waals surface area contributed by atoms with Crippen molar-refractivity contribution in [1.82, 2.24) is 19.6 Å². The Morgan fingerprint density at radius 2 is 2.12 bits per heavy atom. The van der Waals surface area contributed by atoms with E-state index in [1.165, 1.54) is 6.07 Å². The fourth-order valence-corrected chi connectivity index (χ4v) is 3.52. The molecule has 2 aromatic heterocycles. The molecule has 4 rings (SSSR count). The number of carbonyl (C=O) groups is 1. The first-order valence-electron chi connectivity index (χ1n) is 8.16. The Labute approximate surface area is 160 Å². The molecule has 0 atom stereocenters. The number of benzene rings is 1. The van der Waals surface area contributed by atoms with Crippen LogP contribution in [0.25, 0.3) is 16.8 Å². The molecule has 0 radical (unpaired) electrons. The van der Waals surface area contributed by atoms with Gasteiger partial charge in [-0.2, -0.15) is 0 Å². The van der Waals surface area contributed by atoms with Crippen LogP contribution in [0.5, 0.6) is 5.75 Å². The number of phenolic OH excluding ortho intramolecular Hbond substituents is 1. The predicted molar refractivity (Wildman–Crippen MR) is 101 cm³/mol. The Bertz CT molecular complexity index is 1000. The summed E-state index contributed by atoms with van der Waals surface area (Å²) in [6, 6.07) is 6.74. The fraction of sp³-hybridized carbons (Fsp3) is 0.222. The highest BCUT2D eigenvalue weighted by atomic mass is 35.5. The van der Waals surface area contributed by atoms with Crippen LogP contribution >= 0.6 is 23.2 Å². The minimum Gasteiger partial charge on any atom is -0.507 e. The van der Waals surface area contributed by atoms with Gasteiger partial charge in [0.15, 0.2) is 0 Å². The molecule has 2 N–H and O–H groups in total. The summed E-state index contributed by atoms with van der Waals surface area (Å²) in [5.41, 5.74) is 2.70. The molecule has 0 saturated carbocycles. The molecule has 6 nitrogen and oxygen atoms in total. The first-order chi connectivity index (χ1) is 12.5. The van der Waals surface area contributed by atoms with Gasteiger partial charge in [0.2, 0.25) is 5.91 Å². The van der Waals surface area contributed by atoms with Crippen LogP contribution in [-0.2, 0) is 11.3 Å². The van der Waals surface area contributed by atoms with Crippen molar-refractivity contribution in [3.8, 4) is 16.9 Å². The zero-order valence-corrected chi connectivity index (χ0v) is 15.3. The van der Waals surface area contributed by atoms with E-state index in [1.54, 1.807) is 11.0 Å². The lowest BCUT2D eigenvalue weighted by Gasteiger charge is -2.26. The standard InChI is InChI=1S/C18H16Cl2N4O2/c19-13-1-2-14(25)17(18(13)20)11-3-5-23-9-12(22-15(23)7-11)10-24-6-4-21-8-16(24)26/h1-3,5,7,9,21,25H,4,6,8,10H2. The molecule has 1 aromatic carbocycles. The summed E-state index contributed by atoms with van der Waals surface area (Å²) in [4.78, 5) is 18.3. The first kappa shape index (κ1) is 17.1. The summed E-state index contributed by atoms with van der Waals surface area (Å²) >= 11 is 12.3. The van der Waals surface area contributed by atoms with Crippen molar-refractivity contribution in [3.63, 3.8) is 0 Å². The summed E-state index contributed by atoms with van der Waals surface area (Å²) in [5.74, 6) is 0.131. The Balaban J connectivity index is 1.68. The minimum absolute atomic E-state index is 0.0574. The molecule has 26 heavy (non-hydrogen) atoms. The molecule has 1 amide bonds. The predicted octanol–water partition coefficient (Wildman–Crippen LogP) is 2.95. The maximum Gasteiger partial charge on any atom is 0.236 e. The number of hydrogen-bond donors (Lipinski definition) is 2. The van der Waals surface area contributed by atoms with Crippen LogP contribution in [-0.4, -0.2) is 44.9 Å². The molecule has 1 saturated heterocycles. The molecule has 1 aliphatic heterocycles. The van der Waals surface area contributed by atoms with Gasteiger partial charge in [0.25, 0.3) is 0 Å². The van der Waals surface area contributed by atoms with Crippen molar-refractivity contribution in [1.29, 1.82) is 0 Å². The largest absolute Gasteiger partial charge is 0.507 e. The topological polar surface area (TPSA) is 69.9 Å². The number of fused-ring (bicyclic) bond motifs is 1. The van der Waals surface area contributed by atoms with Gasteiger partial charge in [0.05, 0.1) is 28.8 Å². The van der Waals surface area contributed by atoms with E-state index in [-0.39, 0.29) is 11.7 Å². The second-order valence-electron chi connectivity index (χ2n) is 6.16. The van der Waals surface area contributed by atoms with Crippen LogP contribution in [0.2, 0.25) is 10.0 Å². The second kappa shape index (κ2) is 6.79. The average Bonchev–Trinajstić information content (AvgIpc) is 3.02. The third kappa shape index (κ3) is 3.11. The third-order valence-corrected chi connectivity index (χ3v) is 5.22. The number of nitrogens with zero attached hydrogens (tertiary/aromatic N) is 3. The van der Waals surface area contributed by atoms with E-state index in [4.69, 9.17) is 23.2 Å². The highest BCUT2D eigenvalue weighted by Gasteiger charge is 2.19. The van der Waals surface area contributed by atoms with Gasteiger partial charge in [-0.1, -0.05) is 23.2 Å². The molecule has 0 bridgehead atoms. The number of piperazine rings is 1. The van der Waals surface area contributed by atoms with E-state index in [2.05, 4.69) is 10.3 Å². The van der Waals surface area contributed by atoms with Crippen molar-refractivity contribution in [3.05, 3.63) is 52.4 Å². The number of halogens is 2. The van der Waals surface area contributed by atoms with Crippen molar-refractivity contribution >= 4 is 34.8 Å². The van der Waals surface area contributed by atoms with Gasteiger partial charge < -0.3 is 19.7 Å². The highest BCUT2D eigenvalue weighted by Crippen LogP contribution is 2.40. The third-order valence-electron chi connectivity index (χ3n) is 4.41. The van der Waals surface area contributed by atoms with Crippen molar-refractivity contribution in [2.75, 3.05) is 19.6 Å². The molecule has 1 fully saturated rings. The first-order valence-corrected chi connectivity index (χ1v) is 8.92. The van der Waals surface area contributed by atoms with Gasteiger partial charge in [0.1, 0.15) is 11.4 Å². The van der Waals surface area contributed by atoms with E-state index in [9.17, 15) is 9.90 Å². The van der Waals surface area contributed by atoms with Crippen molar-refractivity contribution in [2.24, 2.45) is 0 Å². The number of aromatic nitrogens is 2. The van der Waals surface area contributed by atoms with Crippen LogP contribution in [0.1, 0.15) is 5.69 Å². The number of pyridine rings is 1. The Morgan fingerprint density at radius 1 is 1.27 bits per heavy atom. The quantitative estimate of drug-likeness (QED) is 0.721. The molecular formula is C18H16Cl2N4O2. The fourth-order valence-electron chi connectivity index (χ4n) is 3.09. The number of amides is 1. The molecule has 8 heteroatoms. The Kier molecular flexibility index (Phi) is 4.48. The zero-order chi connectivity index (χ0) is 18.3. The van der Waals surface area contributed by atoms with Gasteiger partial charge in [-0.15, -0.1) is 0 Å². The van der Waals surface area contributed by atoms with E-state index in [0.29, 0.717) is 40.9 Å². The summed E-state index contributed by atoms with van der Waals surface area (Å²) < 4.78 is 1.88. The number of aromatic hydroxyl groups is 1. The lowest BCUT2D eigenvalue weighted by Crippen LogP contribution is -2.47. The molecular weight excluding hydrogens is 375 g/mol. The van der Waals surface area contributed by atoms with Gasteiger partial charge in [-0.3, -0.25) is 4.79 Å². The smallest absolute Gasteiger partial charge is 0.236 e. The lowest BCUT2D eigenvalue weighted by molar-refractivity contribution is -0.132. The van der Waals surface area contributed by atoms with Gasteiger partial charge in [-0.05, 0) is 29.8 Å². The van der Waals surface area contributed by atoms with Crippen LogP contribution in [0.15, 0.2) is 36.7 Å². The monoisotopic (exact) mass is 390 g/mol. The summed E-state index contributed by atoms with van der Waals surface area (Å²) in [6.45, 7) is 2.30. The molecule has 1 aliphatic rings. The number of carbonyl (C=O) groups excluding carboxylic acids is 1. The highest BCUT2D eigenvalue weighted by molar-refractivity contribution is 6.44. The number of phenols is 1. The average molecular weight is 391 g/mol. The Morgan fingerprint density at radius 3 is 2.92 bits per heavy atom. The van der Waals surface area contributed by atoms with Crippen LogP contribution in [0.3, 0.4) is 0 Å². The van der Waals surface area contributed by atoms with Crippen LogP contribution in [0.4, 0.5) is 0 Å². The van der Waals surface area contributed by atoms with E-state index >= 15 is 0 Å². The normalized spacial score (nSPS) is 15.0. The molecule has 3 heterocycles. The number of rotatable bonds is 3. The van der Waals surface area contributed by atoms with E-state index < -0.39 is 0 Å². The zero-order valence-electron chi connectivity index (χ0n) is 13.7. The molecule has 134 valence electrons. The maximum absolute atomic E-state index is 11.9.